The first-order valence-electron chi connectivity index (χ1n) is 5.08. The summed E-state index contributed by atoms with van der Waals surface area (Å²) in [4.78, 5) is 15.4. The number of methoxy groups -OCH3 is 1. The summed E-state index contributed by atoms with van der Waals surface area (Å²) in [7, 11) is 0.889. The van der Waals surface area contributed by atoms with E-state index in [1.807, 2.05) is 12.3 Å². The molecule has 0 bridgehead atoms. The Hall–Kier alpha value is -1.88. The molecule has 18 heavy (non-hydrogen) atoms. The molecule has 0 fully saturated rings. The lowest BCUT2D eigenvalue weighted by Gasteiger charge is -2.03. The first-order valence-corrected chi connectivity index (χ1v) is 6.81. The SMILES string of the molecule is C=C(/N=C/c1cccc(C(=O)OC)c1)OS(=C)C. The Kier molecular flexibility index (Phi) is 5.32. The van der Waals surface area contributed by atoms with Crippen LogP contribution in [0.15, 0.2) is 41.7 Å². The molecule has 1 atom stereocenters. The van der Waals surface area contributed by atoms with Crippen LogP contribution in [0, 0.1) is 0 Å². The quantitative estimate of drug-likeness (QED) is 0.356. The maximum atomic E-state index is 11.3. The van der Waals surface area contributed by atoms with Crippen molar-refractivity contribution in [1.29, 1.82) is 0 Å². The van der Waals surface area contributed by atoms with E-state index in [0.717, 1.165) is 5.56 Å². The summed E-state index contributed by atoms with van der Waals surface area (Å²) < 4.78 is 9.84. The number of carbonyl (C=O) groups excluding carboxylic acids is 1. The maximum absolute atomic E-state index is 11.3. The Morgan fingerprint density at radius 1 is 1.50 bits per heavy atom. The Labute approximate surface area is 109 Å². The minimum absolute atomic E-state index is 0.291. The minimum atomic E-state index is -0.454. The number of nitrogens with zero attached hydrogens (tertiary/aromatic N) is 1. The first-order chi connectivity index (χ1) is 8.52. The van der Waals surface area contributed by atoms with E-state index in [4.69, 9.17) is 4.18 Å². The van der Waals surface area contributed by atoms with Gasteiger partial charge in [0.15, 0.2) is 0 Å². The van der Waals surface area contributed by atoms with E-state index in [0.29, 0.717) is 11.4 Å². The van der Waals surface area contributed by atoms with Crippen LogP contribution in [0.5, 0.6) is 0 Å². The summed E-state index contributed by atoms with van der Waals surface area (Å²) in [6, 6.07) is 6.93. The average Bonchev–Trinajstić information content (AvgIpc) is 2.35. The lowest BCUT2D eigenvalue weighted by Crippen LogP contribution is -2.01. The van der Waals surface area contributed by atoms with E-state index >= 15 is 0 Å². The number of ether oxygens (including phenoxy) is 1. The highest BCUT2D eigenvalue weighted by Gasteiger charge is 2.04. The number of rotatable bonds is 5. The maximum Gasteiger partial charge on any atom is 0.337 e. The third-order valence-corrected chi connectivity index (χ3v) is 2.38. The third kappa shape index (κ3) is 4.55. The number of hydrogen-bond donors (Lipinski definition) is 0. The van der Waals surface area contributed by atoms with Crippen LogP contribution in [-0.2, 0) is 8.92 Å². The first kappa shape index (κ1) is 14.2. The van der Waals surface area contributed by atoms with Crippen molar-refractivity contribution in [3.63, 3.8) is 0 Å². The third-order valence-electron chi connectivity index (χ3n) is 1.90. The van der Waals surface area contributed by atoms with Crippen LogP contribution in [0.1, 0.15) is 15.9 Å². The Morgan fingerprint density at radius 3 is 2.83 bits per heavy atom. The number of carbonyl (C=O) groups is 1. The zero-order chi connectivity index (χ0) is 13.5. The molecule has 0 saturated heterocycles. The molecule has 1 unspecified atom stereocenters. The Bertz CT molecular complexity index is 509. The highest BCUT2D eigenvalue weighted by molar-refractivity contribution is 8.09. The lowest BCUT2D eigenvalue weighted by atomic mass is 10.1. The van der Waals surface area contributed by atoms with Gasteiger partial charge < -0.3 is 8.92 Å². The average molecular weight is 265 g/mol. The molecule has 0 heterocycles. The van der Waals surface area contributed by atoms with Crippen LogP contribution in [0.2, 0.25) is 0 Å². The van der Waals surface area contributed by atoms with Crippen LogP contribution < -0.4 is 0 Å². The van der Waals surface area contributed by atoms with Crippen LogP contribution >= 0.6 is 10.8 Å². The van der Waals surface area contributed by atoms with E-state index < -0.39 is 10.8 Å². The molecule has 96 valence electrons. The smallest absolute Gasteiger partial charge is 0.337 e. The largest absolute Gasteiger partial charge is 0.465 e. The fraction of sp³-hybridized carbons (Fsp3) is 0.154. The summed E-state index contributed by atoms with van der Waals surface area (Å²) in [6.07, 6.45) is 3.39. The number of esters is 1. The van der Waals surface area contributed by atoms with Crippen molar-refractivity contribution in [1.82, 2.24) is 0 Å². The minimum Gasteiger partial charge on any atom is -0.465 e. The summed E-state index contributed by atoms with van der Waals surface area (Å²) in [6.45, 7) is 3.64. The molecule has 0 amide bonds. The van der Waals surface area contributed by atoms with Crippen molar-refractivity contribution in [3.8, 4) is 0 Å². The predicted octanol–water partition coefficient (Wildman–Crippen LogP) is 2.63. The van der Waals surface area contributed by atoms with Gasteiger partial charge in [0.2, 0.25) is 5.88 Å². The molecule has 0 aliphatic rings. The van der Waals surface area contributed by atoms with Gasteiger partial charge in [0.05, 0.1) is 12.7 Å². The topological polar surface area (TPSA) is 47.9 Å². The molecule has 1 aromatic carbocycles. The van der Waals surface area contributed by atoms with Gasteiger partial charge >= 0.3 is 5.97 Å². The number of benzene rings is 1. The van der Waals surface area contributed by atoms with Crippen LogP contribution in [0.25, 0.3) is 0 Å². The summed E-state index contributed by atoms with van der Waals surface area (Å²) in [5, 5.41) is 0. The highest BCUT2D eigenvalue weighted by atomic mass is 32.2. The fourth-order valence-electron chi connectivity index (χ4n) is 1.20. The van der Waals surface area contributed by atoms with Crippen molar-refractivity contribution in [2.24, 2.45) is 4.99 Å². The van der Waals surface area contributed by atoms with Gasteiger partial charge in [-0.2, -0.15) is 0 Å². The van der Waals surface area contributed by atoms with E-state index in [1.54, 1.807) is 24.4 Å². The monoisotopic (exact) mass is 265 g/mol. The van der Waals surface area contributed by atoms with Crippen molar-refractivity contribution < 1.29 is 13.7 Å². The van der Waals surface area contributed by atoms with Crippen molar-refractivity contribution in [2.45, 2.75) is 0 Å². The van der Waals surface area contributed by atoms with Gasteiger partial charge in [-0.15, -0.1) is 0 Å². The normalized spacial score (nSPS) is 12.1. The molecular formula is C13H15NO3S. The fourth-order valence-corrected chi connectivity index (χ4v) is 1.57. The van der Waals surface area contributed by atoms with Crippen molar-refractivity contribution in [2.75, 3.05) is 13.4 Å². The van der Waals surface area contributed by atoms with Crippen molar-refractivity contribution in [3.05, 3.63) is 47.9 Å². The van der Waals surface area contributed by atoms with Gasteiger partial charge in [-0.3, -0.25) is 0 Å². The van der Waals surface area contributed by atoms with E-state index in [9.17, 15) is 4.79 Å². The molecule has 0 N–H and O–H groups in total. The summed E-state index contributed by atoms with van der Waals surface area (Å²) in [5.41, 5.74) is 1.24. The van der Waals surface area contributed by atoms with Gasteiger partial charge in [-0.25, -0.2) is 9.79 Å². The molecule has 0 aliphatic carbocycles. The summed E-state index contributed by atoms with van der Waals surface area (Å²) >= 11 is 0. The van der Waals surface area contributed by atoms with Gasteiger partial charge in [0, 0.05) is 12.5 Å². The zero-order valence-electron chi connectivity index (χ0n) is 10.4. The van der Waals surface area contributed by atoms with Gasteiger partial charge in [0.1, 0.15) is 0 Å². The molecule has 1 aromatic rings. The molecule has 0 radical (unpaired) electrons. The molecule has 0 saturated carbocycles. The second-order valence-electron chi connectivity index (χ2n) is 3.43. The second kappa shape index (κ2) is 6.76. The van der Waals surface area contributed by atoms with Gasteiger partial charge in [-0.05, 0) is 40.9 Å². The summed E-state index contributed by atoms with van der Waals surface area (Å²) in [5.74, 6) is 3.60. The highest BCUT2D eigenvalue weighted by Crippen LogP contribution is 2.12. The number of hydrogen-bond acceptors (Lipinski definition) is 4. The van der Waals surface area contributed by atoms with Crippen molar-refractivity contribution >= 4 is 28.8 Å². The van der Waals surface area contributed by atoms with Crippen LogP contribution in [0.4, 0.5) is 0 Å². The van der Waals surface area contributed by atoms with Gasteiger partial charge in [0.25, 0.3) is 0 Å². The molecule has 0 aliphatic heterocycles. The van der Waals surface area contributed by atoms with Gasteiger partial charge in [-0.1, -0.05) is 12.1 Å². The number of aliphatic imine (C=N–C) groups is 1. The molecule has 4 nitrogen and oxygen atoms in total. The van der Waals surface area contributed by atoms with E-state index in [2.05, 4.69) is 22.2 Å². The zero-order valence-corrected chi connectivity index (χ0v) is 11.2. The Morgan fingerprint density at radius 2 is 2.22 bits per heavy atom. The second-order valence-corrected chi connectivity index (χ2v) is 4.74. The molecule has 5 heteroatoms. The lowest BCUT2D eigenvalue weighted by molar-refractivity contribution is 0.0600. The molecular weight excluding hydrogens is 250 g/mol. The molecule has 1 rings (SSSR count). The van der Waals surface area contributed by atoms with E-state index in [-0.39, 0.29) is 5.97 Å². The predicted molar refractivity (Wildman–Crippen MR) is 76.2 cm³/mol. The Balaban J connectivity index is 2.79. The standard InChI is InChI=1S/C13H15NO3S/c1-10(17-18(3)4)14-9-11-6-5-7-12(8-11)13(15)16-2/h5-9H,1,3H2,2,4H3/b14-9+. The van der Waals surface area contributed by atoms with Crippen LogP contribution in [0.3, 0.4) is 0 Å². The van der Waals surface area contributed by atoms with E-state index in [1.165, 1.54) is 7.11 Å². The molecule has 0 spiro atoms. The molecule has 0 aromatic heterocycles. The van der Waals surface area contributed by atoms with Crippen LogP contribution in [-0.4, -0.2) is 31.4 Å².